The first kappa shape index (κ1) is 7.76. The molecule has 0 spiro atoms. The topological polar surface area (TPSA) is 30.7 Å². The molecule has 3 nitrogen and oxygen atoms in total. The van der Waals surface area contributed by atoms with E-state index in [4.69, 9.17) is 11.8 Å². The zero-order valence-electron chi connectivity index (χ0n) is 7.18. The summed E-state index contributed by atoms with van der Waals surface area (Å²) in [5, 5.41) is 1.03. The standard InChI is InChI=1S/C10H6ClN3/c11-14-6-13-9-5-12-8-4-2-1-3-7(8)10(9)14/h1-6H. The first-order valence-electron chi connectivity index (χ1n) is 4.23. The van der Waals surface area contributed by atoms with Gasteiger partial charge in [0.2, 0.25) is 0 Å². The molecule has 68 valence electrons. The van der Waals surface area contributed by atoms with Crippen LogP contribution in [0.25, 0.3) is 21.9 Å². The Kier molecular flexibility index (Phi) is 1.49. The van der Waals surface area contributed by atoms with E-state index in [0.717, 1.165) is 21.9 Å². The lowest BCUT2D eigenvalue weighted by atomic mass is 10.2. The van der Waals surface area contributed by atoms with Crippen molar-refractivity contribution in [2.24, 2.45) is 0 Å². The van der Waals surface area contributed by atoms with Gasteiger partial charge >= 0.3 is 0 Å². The molecule has 0 atom stereocenters. The molecule has 0 aliphatic rings. The maximum atomic E-state index is 5.98. The predicted molar refractivity (Wildman–Crippen MR) is 56.3 cm³/mol. The third kappa shape index (κ3) is 0.930. The van der Waals surface area contributed by atoms with Crippen LogP contribution < -0.4 is 0 Å². The number of rotatable bonds is 0. The molecule has 4 heteroatoms. The van der Waals surface area contributed by atoms with E-state index in [2.05, 4.69) is 9.97 Å². The van der Waals surface area contributed by atoms with E-state index < -0.39 is 0 Å². The second-order valence-electron chi connectivity index (χ2n) is 3.06. The summed E-state index contributed by atoms with van der Waals surface area (Å²) in [6.07, 6.45) is 3.32. The molecular formula is C10H6ClN3. The fourth-order valence-electron chi connectivity index (χ4n) is 1.61. The predicted octanol–water partition coefficient (Wildman–Crippen LogP) is 2.59. The highest BCUT2D eigenvalue weighted by molar-refractivity contribution is 6.21. The normalized spacial score (nSPS) is 11.2. The molecule has 0 saturated heterocycles. The Bertz CT molecular complexity index is 615. The van der Waals surface area contributed by atoms with Crippen molar-refractivity contribution in [3.63, 3.8) is 0 Å². The van der Waals surface area contributed by atoms with E-state index >= 15 is 0 Å². The van der Waals surface area contributed by atoms with Gasteiger partial charge in [0.1, 0.15) is 11.8 Å². The van der Waals surface area contributed by atoms with Crippen molar-refractivity contribution in [3.05, 3.63) is 36.8 Å². The van der Waals surface area contributed by atoms with Gasteiger partial charge in [-0.15, -0.1) is 0 Å². The number of pyridine rings is 1. The fourth-order valence-corrected chi connectivity index (χ4v) is 1.83. The summed E-state index contributed by atoms with van der Waals surface area (Å²) in [6, 6.07) is 7.87. The molecule has 2 heterocycles. The smallest absolute Gasteiger partial charge is 0.111 e. The van der Waals surface area contributed by atoms with Gasteiger partial charge in [-0.3, -0.25) is 4.98 Å². The minimum Gasteiger partial charge on any atom is -0.254 e. The number of hydrogen-bond acceptors (Lipinski definition) is 2. The largest absolute Gasteiger partial charge is 0.254 e. The monoisotopic (exact) mass is 203 g/mol. The first-order chi connectivity index (χ1) is 6.86. The van der Waals surface area contributed by atoms with Gasteiger partial charge in [0, 0.05) is 17.2 Å². The highest BCUT2D eigenvalue weighted by atomic mass is 35.5. The van der Waals surface area contributed by atoms with Crippen molar-refractivity contribution in [1.82, 2.24) is 14.1 Å². The molecule has 0 amide bonds. The van der Waals surface area contributed by atoms with Gasteiger partial charge in [-0.05, 0) is 6.07 Å². The average molecular weight is 204 g/mol. The molecule has 0 aliphatic carbocycles. The van der Waals surface area contributed by atoms with Crippen LogP contribution in [-0.2, 0) is 0 Å². The van der Waals surface area contributed by atoms with Crippen LogP contribution in [0.15, 0.2) is 36.8 Å². The zero-order chi connectivity index (χ0) is 9.54. The maximum Gasteiger partial charge on any atom is 0.111 e. The quantitative estimate of drug-likeness (QED) is 0.562. The summed E-state index contributed by atoms with van der Waals surface area (Å²) in [4.78, 5) is 8.43. The summed E-state index contributed by atoms with van der Waals surface area (Å²) in [5.41, 5.74) is 2.67. The van der Waals surface area contributed by atoms with Crippen molar-refractivity contribution in [1.29, 1.82) is 0 Å². The lowest BCUT2D eigenvalue weighted by molar-refractivity contribution is 1.25. The Morgan fingerprint density at radius 2 is 1.93 bits per heavy atom. The van der Waals surface area contributed by atoms with E-state index in [0.29, 0.717) is 0 Å². The number of aromatic nitrogens is 3. The zero-order valence-corrected chi connectivity index (χ0v) is 7.94. The number of para-hydroxylation sites is 1. The third-order valence-corrected chi connectivity index (χ3v) is 2.50. The van der Waals surface area contributed by atoms with Gasteiger partial charge in [0.05, 0.1) is 17.2 Å². The fraction of sp³-hybridized carbons (Fsp3) is 0. The number of nitrogens with zero attached hydrogens (tertiary/aromatic N) is 3. The van der Waals surface area contributed by atoms with Crippen LogP contribution in [0.4, 0.5) is 0 Å². The van der Waals surface area contributed by atoms with E-state index in [1.807, 2.05) is 24.3 Å². The summed E-state index contributed by atoms with van der Waals surface area (Å²) < 4.78 is 1.50. The lowest BCUT2D eigenvalue weighted by Gasteiger charge is -1.98. The highest BCUT2D eigenvalue weighted by Gasteiger charge is 2.05. The number of fused-ring (bicyclic) bond motifs is 3. The van der Waals surface area contributed by atoms with E-state index in [-0.39, 0.29) is 0 Å². The van der Waals surface area contributed by atoms with Crippen LogP contribution in [0, 0.1) is 0 Å². The van der Waals surface area contributed by atoms with Crippen molar-refractivity contribution < 1.29 is 0 Å². The van der Waals surface area contributed by atoms with E-state index in [1.54, 1.807) is 12.5 Å². The summed E-state index contributed by atoms with van der Waals surface area (Å²) in [7, 11) is 0. The number of halogens is 1. The lowest BCUT2D eigenvalue weighted by Crippen LogP contribution is -1.82. The van der Waals surface area contributed by atoms with Crippen LogP contribution in [0.2, 0.25) is 0 Å². The number of hydrogen-bond donors (Lipinski definition) is 0. The molecule has 2 aromatic heterocycles. The number of benzene rings is 1. The Labute approximate surface area is 85.1 Å². The Morgan fingerprint density at radius 3 is 2.86 bits per heavy atom. The second kappa shape index (κ2) is 2.69. The second-order valence-corrected chi connectivity index (χ2v) is 3.43. The molecule has 0 unspecified atom stereocenters. The molecular weight excluding hydrogens is 198 g/mol. The number of imidazole rings is 1. The Balaban J connectivity index is 2.65. The molecule has 3 aromatic rings. The van der Waals surface area contributed by atoms with Gasteiger partial charge in [-0.2, -0.15) is 0 Å². The van der Waals surface area contributed by atoms with Gasteiger partial charge in [0.25, 0.3) is 0 Å². The molecule has 3 rings (SSSR count). The highest BCUT2D eigenvalue weighted by Crippen LogP contribution is 2.22. The van der Waals surface area contributed by atoms with Crippen LogP contribution in [-0.4, -0.2) is 14.1 Å². The van der Waals surface area contributed by atoms with Gasteiger partial charge in [-0.1, -0.05) is 18.2 Å². The van der Waals surface area contributed by atoms with Crippen LogP contribution in [0.5, 0.6) is 0 Å². The molecule has 0 radical (unpaired) electrons. The first-order valence-corrected chi connectivity index (χ1v) is 4.57. The van der Waals surface area contributed by atoms with E-state index in [9.17, 15) is 0 Å². The molecule has 0 aliphatic heterocycles. The maximum absolute atomic E-state index is 5.98. The van der Waals surface area contributed by atoms with Gasteiger partial charge in [-0.25, -0.2) is 9.07 Å². The third-order valence-electron chi connectivity index (χ3n) is 2.24. The van der Waals surface area contributed by atoms with Crippen LogP contribution >= 0.6 is 11.8 Å². The van der Waals surface area contributed by atoms with Crippen molar-refractivity contribution in [2.75, 3.05) is 0 Å². The molecule has 0 N–H and O–H groups in total. The van der Waals surface area contributed by atoms with Crippen molar-refractivity contribution >= 4 is 33.7 Å². The van der Waals surface area contributed by atoms with Crippen LogP contribution in [0.1, 0.15) is 0 Å². The van der Waals surface area contributed by atoms with Crippen molar-refractivity contribution in [3.8, 4) is 0 Å². The molecule has 0 bridgehead atoms. The van der Waals surface area contributed by atoms with Gasteiger partial charge < -0.3 is 0 Å². The molecule has 1 aromatic carbocycles. The molecule has 0 fully saturated rings. The molecule has 0 saturated carbocycles. The Hall–Kier alpha value is -1.61. The van der Waals surface area contributed by atoms with Gasteiger partial charge in [0.15, 0.2) is 0 Å². The van der Waals surface area contributed by atoms with Crippen molar-refractivity contribution in [2.45, 2.75) is 0 Å². The SMILES string of the molecule is Cln1cnc2cnc3ccccc3c21. The van der Waals surface area contributed by atoms with E-state index in [1.165, 1.54) is 4.09 Å². The average Bonchev–Trinajstić information content (AvgIpc) is 2.61. The molecule has 14 heavy (non-hydrogen) atoms. The Morgan fingerprint density at radius 1 is 1.07 bits per heavy atom. The summed E-state index contributed by atoms with van der Waals surface area (Å²) in [5.74, 6) is 0. The van der Waals surface area contributed by atoms with Crippen LogP contribution in [0.3, 0.4) is 0 Å². The minimum atomic E-state index is 0.818. The summed E-state index contributed by atoms with van der Waals surface area (Å²) in [6.45, 7) is 0. The summed E-state index contributed by atoms with van der Waals surface area (Å²) >= 11 is 5.98. The minimum absolute atomic E-state index is 0.818.